The van der Waals surface area contributed by atoms with E-state index in [-0.39, 0.29) is 30.7 Å². The van der Waals surface area contributed by atoms with Crippen LogP contribution in [0.5, 0.6) is 5.75 Å². The average molecular weight is 741 g/mol. The molecule has 1 amide bonds. The fourth-order valence-corrected chi connectivity index (χ4v) is 7.48. The van der Waals surface area contributed by atoms with Crippen molar-refractivity contribution in [1.82, 2.24) is 9.88 Å². The molecule has 2 aromatic carbocycles. The lowest BCUT2D eigenvalue weighted by atomic mass is 9.85. The van der Waals surface area contributed by atoms with Crippen molar-refractivity contribution < 1.29 is 39.9 Å². The Morgan fingerprint density at radius 1 is 1.02 bits per heavy atom. The van der Waals surface area contributed by atoms with Gasteiger partial charge in [-0.1, -0.05) is 29.8 Å². The third-order valence-corrected chi connectivity index (χ3v) is 11.2. The molecular weight excluding hydrogens is 692 g/mol. The van der Waals surface area contributed by atoms with Crippen molar-refractivity contribution in [2.45, 2.75) is 106 Å². The first-order valence-electron chi connectivity index (χ1n) is 17.8. The number of pyridine rings is 1. The third kappa shape index (κ3) is 10.5. The summed E-state index contributed by atoms with van der Waals surface area (Å²) in [5.41, 5.74) is 4.61. The highest BCUT2D eigenvalue weighted by Gasteiger charge is 2.45. The number of halogens is 1. The number of ether oxygens (including phenoxy) is 1. The number of nitrogens with zero attached hydrogens (tertiary/aromatic N) is 2. The number of aliphatic hydroxyl groups is 5. The van der Waals surface area contributed by atoms with Crippen LogP contribution in [-0.2, 0) is 21.4 Å². The van der Waals surface area contributed by atoms with Gasteiger partial charge in [0.1, 0.15) is 29.8 Å². The van der Waals surface area contributed by atoms with E-state index in [0.29, 0.717) is 29.7 Å². The highest BCUT2D eigenvalue weighted by molar-refractivity contribution is 7.99. The van der Waals surface area contributed by atoms with Crippen LogP contribution in [0.2, 0.25) is 5.02 Å². The summed E-state index contributed by atoms with van der Waals surface area (Å²) in [5.74, 6) is 0.715. The van der Waals surface area contributed by atoms with Gasteiger partial charge in [0.25, 0.3) is 5.91 Å². The van der Waals surface area contributed by atoms with Gasteiger partial charge in [0, 0.05) is 47.4 Å². The Morgan fingerprint density at radius 2 is 1.76 bits per heavy atom. The number of hydrogen-bond acceptors (Lipinski definition) is 10. The van der Waals surface area contributed by atoms with Crippen LogP contribution in [0.1, 0.15) is 69.4 Å². The van der Waals surface area contributed by atoms with Gasteiger partial charge < -0.3 is 40.0 Å². The normalized spacial score (nSPS) is 17.3. The Hall–Kier alpha value is -3.03. The van der Waals surface area contributed by atoms with E-state index in [1.54, 1.807) is 11.8 Å². The smallest absolute Gasteiger partial charge is 0.254 e. The number of carbonyl (C=O) groups excluding carboxylic acids is 2. The molecule has 0 unspecified atom stereocenters. The maximum Gasteiger partial charge on any atom is 0.254 e. The van der Waals surface area contributed by atoms with Gasteiger partial charge in [-0.05, 0) is 116 Å². The Balaban J connectivity index is 1.19. The average Bonchev–Trinajstić information content (AvgIpc) is 4.09. The molecule has 10 nitrogen and oxygen atoms in total. The second kappa shape index (κ2) is 18.1. The number of para-hydroxylation sites is 1. The van der Waals surface area contributed by atoms with Crippen LogP contribution in [0.4, 0.5) is 0 Å². The summed E-state index contributed by atoms with van der Waals surface area (Å²) in [5, 5.41) is 50.2. The number of aryl methyl sites for hydroxylation is 1. The first kappa shape index (κ1) is 39.2. The van der Waals surface area contributed by atoms with Gasteiger partial charge in [-0.3, -0.25) is 9.78 Å². The molecule has 4 atom stereocenters. The maximum atomic E-state index is 13.1. The van der Waals surface area contributed by atoms with E-state index in [9.17, 15) is 30.0 Å². The van der Waals surface area contributed by atoms with E-state index in [0.717, 1.165) is 60.3 Å². The molecule has 3 aromatic rings. The van der Waals surface area contributed by atoms with Gasteiger partial charge in [-0.2, -0.15) is 0 Å². The van der Waals surface area contributed by atoms with Gasteiger partial charge in [0.15, 0.2) is 6.10 Å². The fraction of sp³-hybridized carbons (Fsp3) is 0.513. The molecule has 0 saturated heterocycles. The molecule has 1 aromatic heterocycles. The molecule has 0 aliphatic heterocycles. The predicted octanol–water partition coefficient (Wildman–Crippen LogP) is 4.72. The molecule has 276 valence electrons. The quantitative estimate of drug-likeness (QED) is 0.0764. The second-order valence-electron chi connectivity index (χ2n) is 13.8. The molecule has 0 radical (unpaired) electrons. The van der Waals surface area contributed by atoms with Gasteiger partial charge >= 0.3 is 0 Å². The molecule has 2 fully saturated rings. The van der Waals surface area contributed by atoms with E-state index in [2.05, 4.69) is 35.3 Å². The largest absolute Gasteiger partial charge is 0.490 e. The van der Waals surface area contributed by atoms with Crippen LogP contribution < -0.4 is 4.74 Å². The summed E-state index contributed by atoms with van der Waals surface area (Å²) in [6.45, 7) is 1.04. The Morgan fingerprint density at radius 3 is 2.47 bits per heavy atom. The predicted molar refractivity (Wildman–Crippen MR) is 197 cm³/mol. The number of Topliss-reactive ketones (excluding diaryl/α,β-unsaturated/α-hetero) is 1. The zero-order valence-corrected chi connectivity index (χ0v) is 30.6. The molecule has 5 N–H and O–H groups in total. The zero-order valence-electron chi connectivity index (χ0n) is 29.0. The fourth-order valence-electron chi connectivity index (χ4n) is 6.37. The van der Waals surface area contributed by atoms with Crippen LogP contribution in [0, 0.1) is 0 Å². The van der Waals surface area contributed by atoms with Gasteiger partial charge in [0.05, 0.1) is 12.7 Å². The minimum Gasteiger partial charge on any atom is -0.490 e. The topological polar surface area (TPSA) is 161 Å². The lowest BCUT2D eigenvalue weighted by Gasteiger charge is -2.30. The number of amides is 1. The van der Waals surface area contributed by atoms with Crippen LogP contribution >= 0.6 is 23.4 Å². The maximum absolute atomic E-state index is 13.1. The minimum absolute atomic E-state index is 0.0194. The van der Waals surface area contributed by atoms with Crippen LogP contribution in [0.3, 0.4) is 0 Å². The van der Waals surface area contributed by atoms with Gasteiger partial charge in [-0.25, -0.2) is 0 Å². The van der Waals surface area contributed by atoms with Gasteiger partial charge in [-0.15, -0.1) is 11.8 Å². The first-order chi connectivity index (χ1) is 24.5. The number of aromatic nitrogens is 1. The molecule has 0 bridgehead atoms. The molecule has 12 heteroatoms. The van der Waals surface area contributed by atoms with Crippen molar-refractivity contribution in [1.29, 1.82) is 0 Å². The highest BCUT2D eigenvalue weighted by atomic mass is 35.5. The van der Waals surface area contributed by atoms with Crippen molar-refractivity contribution in [3.63, 3.8) is 0 Å². The Kier molecular flexibility index (Phi) is 13.9. The lowest BCUT2D eigenvalue weighted by molar-refractivity contribution is -0.158. The van der Waals surface area contributed by atoms with Crippen molar-refractivity contribution in [3.8, 4) is 16.9 Å². The minimum atomic E-state index is -2.01. The van der Waals surface area contributed by atoms with Crippen molar-refractivity contribution in [3.05, 3.63) is 77.1 Å². The van der Waals surface area contributed by atoms with Crippen LogP contribution in [0.25, 0.3) is 11.1 Å². The van der Waals surface area contributed by atoms with Crippen molar-refractivity contribution in [2.75, 3.05) is 25.4 Å². The summed E-state index contributed by atoms with van der Waals surface area (Å²) in [6, 6.07) is 16.4. The molecular formula is C39H49ClN2O8S. The van der Waals surface area contributed by atoms with E-state index < -0.39 is 36.9 Å². The van der Waals surface area contributed by atoms with Crippen LogP contribution in [0.15, 0.2) is 65.8 Å². The highest BCUT2D eigenvalue weighted by Crippen LogP contribution is 2.55. The summed E-state index contributed by atoms with van der Waals surface area (Å²) in [7, 11) is 0. The number of hydrogen-bond donors (Lipinski definition) is 5. The summed E-state index contributed by atoms with van der Waals surface area (Å²) >= 11 is 8.33. The number of carbonyl (C=O) groups is 2. The summed E-state index contributed by atoms with van der Waals surface area (Å²) in [4.78, 5) is 31.5. The second-order valence-corrected chi connectivity index (χ2v) is 15.4. The summed E-state index contributed by atoms with van der Waals surface area (Å²) in [6.07, 6.45) is 3.81. The molecule has 2 aliphatic rings. The van der Waals surface area contributed by atoms with Crippen molar-refractivity contribution in [2.24, 2.45) is 0 Å². The molecule has 2 saturated carbocycles. The van der Waals surface area contributed by atoms with Crippen LogP contribution in [-0.4, -0.2) is 103 Å². The summed E-state index contributed by atoms with van der Waals surface area (Å²) < 4.78 is 6.27. The Labute approximate surface area is 308 Å². The van der Waals surface area contributed by atoms with E-state index in [1.807, 2.05) is 30.6 Å². The number of thioether (sulfide) groups is 1. The van der Waals surface area contributed by atoms with Gasteiger partial charge in [0.2, 0.25) is 0 Å². The zero-order chi connectivity index (χ0) is 36.5. The number of aliphatic hydroxyl groups excluding tert-OH is 5. The molecule has 0 spiro atoms. The Bertz CT molecular complexity index is 1630. The molecule has 51 heavy (non-hydrogen) atoms. The first-order valence-corrected chi connectivity index (χ1v) is 19.1. The third-order valence-electron chi connectivity index (χ3n) is 9.75. The van der Waals surface area contributed by atoms with E-state index in [4.69, 9.17) is 21.4 Å². The molecule has 2 aliphatic carbocycles. The standard InChI is InChI=1S/C39H49ClN2O8S/c1-25(44)6-4-19-42(38(49)37(48)36(47)35(46)33(45)24-43)20-5-21-51-28-11-12-32(40)26(22-28)13-15-39(16-17-39)31-23-41-18-14-29(31)30-7-2-3-8-34(30)50-27-9-10-27/h2-3,7-8,11-12,14,18,22-23,27,33,35-37,43,45-48H,4-6,9-10,13,15-17,19-21,24H2,1H3/t33-,35+,36-,37-/m0/s1. The van der Waals surface area contributed by atoms with E-state index >= 15 is 0 Å². The number of rotatable bonds is 21. The van der Waals surface area contributed by atoms with Crippen molar-refractivity contribution >= 4 is 35.1 Å². The lowest BCUT2D eigenvalue weighted by Crippen LogP contribution is -2.53. The monoisotopic (exact) mass is 740 g/mol. The molecule has 5 rings (SSSR count). The number of benzene rings is 2. The SMILES string of the molecule is CC(=O)CCCN(CCCSc1ccc(Cl)c(CCC2(c3cnccc3-c3ccccc3OC3CC3)CC2)c1)C(=O)[C@@H](O)[C@@H](O)[C@H](O)[C@@H](O)CO. The van der Waals surface area contributed by atoms with E-state index in [1.165, 1.54) is 23.0 Å². The molecule has 1 heterocycles. The number of ketones is 1.